The van der Waals surface area contributed by atoms with Crippen LogP contribution in [0.3, 0.4) is 0 Å². The second-order valence-electron chi connectivity index (χ2n) is 8.74. The number of pyridine rings is 2. The number of methoxy groups -OCH3 is 1. The van der Waals surface area contributed by atoms with Crippen LogP contribution < -0.4 is 9.46 Å². The van der Waals surface area contributed by atoms with Gasteiger partial charge < -0.3 is 9.47 Å². The van der Waals surface area contributed by atoms with E-state index in [0.717, 1.165) is 47.3 Å². The molecule has 0 unspecified atom stereocenters. The Hall–Kier alpha value is -4.11. The minimum absolute atomic E-state index is 0.00413. The van der Waals surface area contributed by atoms with Crippen LogP contribution in [0.2, 0.25) is 0 Å². The molecule has 0 saturated carbocycles. The molecule has 1 N–H and O–H groups in total. The molecule has 3 heterocycles. The Morgan fingerprint density at radius 1 is 1.05 bits per heavy atom. The van der Waals surface area contributed by atoms with Crippen LogP contribution in [-0.2, 0) is 14.8 Å². The number of sulfonamides is 1. The number of hydrogen-bond acceptors (Lipinski definition) is 7. The number of anilines is 1. The SMILES string of the molecule is COc1ncc(-c2ccc3nccc(C#CCN4CCOCC4)c3c2)cc1NS(=O)(=O)c1ccc(F)cc1F. The van der Waals surface area contributed by atoms with E-state index < -0.39 is 26.6 Å². The first kappa shape index (κ1) is 26.5. The first-order valence-corrected chi connectivity index (χ1v) is 13.5. The van der Waals surface area contributed by atoms with Gasteiger partial charge in [-0.05, 0) is 42.0 Å². The van der Waals surface area contributed by atoms with Gasteiger partial charge in [-0.2, -0.15) is 0 Å². The molecule has 1 aliphatic rings. The highest BCUT2D eigenvalue weighted by Crippen LogP contribution is 2.32. The van der Waals surface area contributed by atoms with Crippen LogP contribution >= 0.6 is 0 Å². The average Bonchev–Trinajstić information content (AvgIpc) is 2.93. The lowest BCUT2D eigenvalue weighted by atomic mass is 10.0. The smallest absolute Gasteiger partial charge is 0.264 e. The molecule has 0 atom stereocenters. The molecule has 2 aromatic heterocycles. The van der Waals surface area contributed by atoms with Crippen molar-refractivity contribution in [3.63, 3.8) is 0 Å². The summed E-state index contributed by atoms with van der Waals surface area (Å²) in [6.07, 6.45) is 3.24. The van der Waals surface area contributed by atoms with Gasteiger partial charge in [0, 0.05) is 48.1 Å². The summed E-state index contributed by atoms with van der Waals surface area (Å²) in [5.41, 5.74) is 2.87. The van der Waals surface area contributed by atoms with E-state index in [0.29, 0.717) is 31.4 Å². The van der Waals surface area contributed by atoms with Gasteiger partial charge >= 0.3 is 0 Å². The van der Waals surface area contributed by atoms with E-state index in [1.165, 1.54) is 19.4 Å². The molecule has 0 radical (unpaired) electrons. The summed E-state index contributed by atoms with van der Waals surface area (Å²) >= 11 is 0. The third-order valence-electron chi connectivity index (χ3n) is 6.18. The van der Waals surface area contributed by atoms with Gasteiger partial charge in [0.1, 0.15) is 22.2 Å². The van der Waals surface area contributed by atoms with E-state index in [1.54, 1.807) is 6.20 Å². The predicted molar refractivity (Wildman–Crippen MR) is 143 cm³/mol. The molecule has 5 rings (SSSR count). The maximum absolute atomic E-state index is 14.2. The second-order valence-corrected chi connectivity index (χ2v) is 10.4. The monoisotopic (exact) mass is 550 g/mol. The van der Waals surface area contributed by atoms with E-state index in [2.05, 4.69) is 31.4 Å². The van der Waals surface area contributed by atoms with Crippen LogP contribution in [0.1, 0.15) is 5.56 Å². The molecular formula is C28H24F2N4O4S. The first-order chi connectivity index (χ1) is 18.8. The van der Waals surface area contributed by atoms with E-state index >= 15 is 0 Å². The van der Waals surface area contributed by atoms with Crippen molar-refractivity contribution in [2.24, 2.45) is 0 Å². The molecular weight excluding hydrogens is 526 g/mol. The Morgan fingerprint density at radius 2 is 1.87 bits per heavy atom. The number of benzene rings is 2. The molecule has 0 aliphatic carbocycles. The molecule has 1 fully saturated rings. The molecule has 8 nitrogen and oxygen atoms in total. The quantitative estimate of drug-likeness (QED) is 0.362. The predicted octanol–water partition coefficient (Wildman–Crippen LogP) is 4.07. The maximum Gasteiger partial charge on any atom is 0.264 e. The Labute approximate surface area is 224 Å². The summed E-state index contributed by atoms with van der Waals surface area (Å²) in [6, 6.07) is 11.2. The topological polar surface area (TPSA) is 93.7 Å². The van der Waals surface area contributed by atoms with Crippen molar-refractivity contribution in [1.29, 1.82) is 0 Å². The molecule has 1 aliphatic heterocycles. The number of rotatable bonds is 6. The lowest BCUT2D eigenvalue weighted by Gasteiger charge is -2.24. The van der Waals surface area contributed by atoms with Crippen molar-refractivity contribution >= 4 is 26.6 Å². The Bertz CT molecular complexity index is 1700. The number of halogens is 2. The Balaban J connectivity index is 1.47. The van der Waals surface area contributed by atoms with E-state index in [1.807, 2.05) is 24.3 Å². The minimum atomic E-state index is -4.41. The zero-order valence-electron chi connectivity index (χ0n) is 20.9. The highest BCUT2D eigenvalue weighted by Gasteiger charge is 2.22. The van der Waals surface area contributed by atoms with Crippen molar-refractivity contribution in [3.05, 3.63) is 78.1 Å². The van der Waals surface area contributed by atoms with Crippen LogP contribution in [-0.4, -0.2) is 63.2 Å². The van der Waals surface area contributed by atoms with Gasteiger partial charge in [0.15, 0.2) is 0 Å². The van der Waals surface area contributed by atoms with Gasteiger partial charge in [-0.1, -0.05) is 17.9 Å². The second kappa shape index (κ2) is 11.3. The molecule has 11 heteroatoms. The van der Waals surface area contributed by atoms with Crippen molar-refractivity contribution in [1.82, 2.24) is 14.9 Å². The van der Waals surface area contributed by atoms with Gasteiger partial charge in [0.25, 0.3) is 10.0 Å². The maximum atomic E-state index is 14.2. The van der Waals surface area contributed by atoms with E-state index in [-0.39, 0.29) is 11.6 Å². The number of aromatic nitrogens is 2. The zero-order valence-corrected chi connectivity index (χ0v) is 21.8. The van der Waals surface area contributed by atoms with Crippen LogP contribution in [0.15, 0.2) is 65.8 Å². The number of morpholine rings is 1. The number of hydrogen-bond donors (Lipinski definition) is 1. The van der Waals surface area contributed by atoms with Gasteiger partial charge in [-0.15, -0.1) is 0 Å². The Morgan fingerprint density at radius 3 is 2.64 bits per heavy atom. The van der Waals surface area contributed by atoms with Crippen molar-refractivity contribution in [2.75, 3.05) is 44.7 Å². The molecule has 1 saturated heterocycles. The molecule has 4 aromatic rings. The van der Waals surface area contributed by atoms with Crippen molar-refractivity contribution in [3.8, 4) is 28.8 Å². The van der Waals surface area contributed by atoms with Crippen LogP contribution in [0.4, 0.5) is 14.5 Å². The normalized spacial score (nSPS) is 14.0. The summed E-state index contributed by atoms with van der Waals surface area (Å²) in [4.78, 5) is 10.2. The molecule has 200 valence electrons. The van der Waals surface area contributed by atoms with Gasteiger partial charge in [0.2, 0.25) is 5.88 Å². The standard InChI is InChI=1S/C28H24F2N4O4S/c1-37-28-26(33-39(35,36)27-7-5-22(29)17-24(27)30)16-21(18-32-28)20-4-6-25-23(15-20)19(8-9-31-25)3-2-10-34-11-13-38-14-12-34/h4-9,15-18,33H,10-14H2,1H3. The third kappa shape index (κ3) is 5.98. The van der Waals surface area contributed by atoms with Gasteiger partial charge in [-0.25, -0.2) is 22.2 Å². The van der Waals surface area contributed by atoms with Gasteiger partial charge in [0.05, 0.1) is 32.4 Å². The summed E-state index contributed by atoms with van der Waals surface area (Å²) in [5, 5.41) is 0.829. The zero-order chi connectivity index (χ0) is 27.4. The fraction of sp³-hybridized carbons (Fsp3) is 0.214. The van der Waals surface area contributed by atoms with Crippen LogP contribution in [0.25, 0.3) is 22.0 Å². The van der Waals surface area contributed by atoms with Crippen LogP contribution in [0, 0.1) is 23.5 Å². The molecule has 2 aromatic carbocycles. The highest BCUT2D eigenvalue weighted by molar-refractivity contribution is 7.92. The molecule has 0 spiro atoms. The van der Waals surface area contributed by atoms with E-state index in [9.17, 15) is 17.2 Å². The first-order valence-electron chi connectivity index (χ1n) is 12.0. The summed E-state index contributed by atoms with van der Waals surface area (Å²) in [5.74, 6) is 4.36. The number of nitrogens with one attached hydrogen (secondary N) is 1. The summed E-state index contributed by atoms with van der Waals surface area (Å²) in [7, 11) is -3.07. The lowest BCUT2D eigenvalue weighted by molar-refractivity contribution is 0.0443. The number of ether oxygens (including phenoxy) is 2. The van der Waals surface area contributed by atoms with E-state index in [4.69, 9.17) is 9.47 Å². The van der Waals surface area contributed by atoms with Gasteiger partial charge in [-0.3, -0.25) is 14.6 Å². The average molecular weight is 551 g/mol. The largest absolute Gasteiger partial charge is 0.480 e. The Kier molecular flexibility index (Phi) is 7.70. The number of nitrogens with zero attached hydrogens (tertiary/aromatic N) is 3. The van der Waals surface area contributed by atoms with Crippen LogP contribution in [0.5, 0.6) is 5.88 Å². The third-order valence-corrected chi connectivity index (χ3v) is 7.58. The lowest BCUT2D eigenvalue weighted by Crippen LogP contribution is -2.36. The van der Waals surface area contributed by atoms with Crippen molar-refractivity contribution < 1.29 is 26.7 Å². The molecule has 0 amide bonds. The summed E-state index contributed by atoms with van der Waals surface area (Å²) in [6.45, 7) is 3.74. The fourth-order valence-electron chi connectivity index (χ4n) is 4.18. The fourth-order valence-corrected chi connectivity index (χ4v) is 5.29. The minimum Gasteiger partial charge on any atom is -0.480 e. The van der Waals surface area contributed by atoms with Crippen molar-refractivity contribution in [2.45, 2.75) is 4.90 Å². The molecule has 0 bridgehead atoms. The summed E-state index contributed by atoms with van der Waals surface area (Å²) < 4.78 is 66.2. The number of fused-ring (bicyclic) bond motifs is 1. The molecule has 39 heavy (non-hydrogen) atoms. The highest BCUT2D eigenvalue weighted by atomic mass is 32.2.